The van der Waals surface area contributed by atoms with Crippen molar-refractivity contribution in [2.45, 2.75) is 0 Å². The first-order valence-corrected chi connectivity index (χ1v) is 3.05. The molecule has 0 fully saturated rings. The maximum Gasteiger partial charge on any atom is 0.250 e. The summed E-state index contributed by atoms with van der Waals surface area (Å²) >= 11 is 0. The average molecular weight is 166 g/mol. The number of hydrogen-bond donors (Lipinski definition) is 1. The Morgan fingerprint density at radius 1 is 1.42 bits per heavy atom. The lowest BCUT2D eigenvalue weighted by atomic mass is 10.6. The Bertz CT molecular complexity index is 572. The van der Waals surface area contributed by atoms with Crippen molar-refractivity contribution in [1.29, 1.82) is 0 Å². The number of nitrogens with two attached hydrogens (primary N) is 1. The number of nitrogen functional groups attached to an aromatic ring is 1. The summed E-state index contributed by atoms with van der Waals surface area (Å²) in [6.45, 7) is 0. The zero-order valence-electron chi connectivity index (χ0n) is 10.9. The molecule has 0 unspecified atom stereocenters. The predicted molar refractivity (Wildman–Crippen MR) is 43.6 cm³/mol. The normalized spacial score (nSPS) is 15.8. The fourth-order valence-electron chi connectivity index (χ4n) is 0.638. The second-order valence-electron chi connectivity index (χ2n) is 1.92. The van der Waals surface area contributed by atoms with Gasteiger partial charge in [-0.25, -0.2) is 14.6 Å². The molecule has 0 radical (unpaired) electrons. The van der Waals surface area contributed by atoms with Gasteiger partial charge < -0.3 is 5.73 Å². The van der Waals surface area contributed by atoms with Crippen molar-refractivity contribution in [1.82, 2.24) is 19.7 Å². The number of rotatable bonds is 1. The third-order valence-electron chi connectivity index (χ3n) is 1.11. The molecule has 2 rings (SSSR count). The molecule has 0 saturated carbocycles. The van der Waals surface area contributed by atoms with E-state index in [4.69, 9.17) is 12.6 Å². The van der Waals surface area contributed by atoms with Gasteiger partial charge in [-0.3, -0.25) is 0 Å². The summed E-state index contributed by atoms with van der Waals surface area (Å²) in [7, 11) is 0. The third kappa shape index (κ3) is 1.12. The van der Waals surface area contributed by atoms with Gasteiger partial charge in [0.2, 0.25) is 0 Å². The lowest BCUT2D eigenvalue weighted by molar-refractivity contribution is 0.809. The fraction of sp³-hybridized carbons (Fsp3) is 0. The molecular formula is C7H7N5. The number of hydrogen-bond acceptors (Lipinski definition) is 4. The second-order valence-corrected chi connectivity index (χ2v) is 1.92. The van der Waals surface area contributed by atoms with Gasteiger partial charge in [-0.2, -0.15) is 5.10 Å². The van der Waals surface area contributed by atoms with Gasteiger partial charge in [0.05, 0.1) is 24.9 Å². The van der Waals surface area contributed by atoms with Gasteiger partial charge in [0.15, 0.2) is 0 Å². The molecule has 0 aliphatic rings. The molecule has 0 amide bonds. The highest BCUT2D eigenvalue weighted by Gasteiger charge is 1.96. The summed E-state index contributed by atoms with van der Waals surface area (Å²) in [5.74, 6) is -0.216. The summed E-state index contributed by atoms with van der Waals surface area (Å²) in [5, 5.41) is 3.57. The second kappa shape index (κ2) is 2.61. The molecule has 0 atom stereocenters. The predicted octanol–water partition coefficient (Wildman–Crippen LogP) is 0.245. The van der Waals surface area contributed by atoms with Crippen LogP contribution in [0.5, 0.6) is 0 Å². The van der Waals surface area contributed by atoms with E-state index in [9.17, 15) is 0 Å². The largest absolute Gasteiger partial charge is 0.396 e. The summed E-state index contributed by atoms with van der Waals surface area (Å²) in [5.41, 5.74) is 5.18. The quantitative estimate of drug-likeness (QED) is 0.659. The van der Waals surface area contributed by atoms with Crippen LogP contribution in [0.2, 0.25) is 0 Å². The van der Waals surface area contributed by atoms with Gasteiger partial charge in [0.1, 0.15) is 0 Å². The molecular weight excluding hydrogens is 154 g/mol. The van der Waals surface area contributed by atoms with Gasteiger partial charge >= 0.3 is 0 Å². The van der Waals surface area contributed by atoms with Gasteiger partial charge in [0, 0.05) is 12.3 Å². The molecule has 0 aliphatic heterocycles. The van der Waals surface area contributed by atoms with E-state index >= 15 is 0 Å². The highest BCUT2D eigenvalue weighted by atomic mass is 15.3. The molecule has 0 bridgehead atoms. The monoisotopic (exact) mass is 166 g/mol. The summed E-state index contributed by atoms with van der Waals surface area (Å²) in [4.78, 5) is 7.29. The maximum absolute atomic E-state index is 7.51. The van der Waals surface area contributed by atoms with Gasteiger partial charge in [-0.1, -0.05) is 0 Å². The van der Waals surface area contributed by atoms with E-state index in [0.29, 0.717) is 0 Å². The van der Waals surface area contributed by atoms with Crippen LogP contribution in [0.1, 0.15) is 6.85 Å². The van der Waals surface area contributed by atoms with Crippen molar-refractivity contribution in [2.75, 3.05) is 5.73 Å². The molecule has 60 valence electrons. The highest BCUT2D eigenvalue weighted by molar-refractivity contribution is 5.32. The molecule has 0 aromatic carbocycles. The minimum Gasteiger partial charge on any atom is -0.396 e. The van der Waals surface area contributed by atoms with Gasteiger partial charge in [0.25, 0.3) is 5.95 Å². The molecule has 0 aliphatic carbocycles. The molecule has 0 spiro atoms. The number of nitrogens with zero attached hydrogens (tertiary/aromatic N) is 4. The summed E-state index contributed by atoms with van der Waals surface area (Å²) < 4.78 is 37.7. The van der Waals surface area contributed by atoms with Crippen LogP contribution in [0.15, 0.2) is 30.7 Å². The maximum atomic E-state index is 7.51. The smallest absolute Gasteiger partial charge is 0.250 e. The molecule has 2 heterocycles. The fourth-order valence-corrected chi connectivity index (χ4v) is 0.638. The highest BCUT2D eigenvalue weighted by Crippen LogP contribution is 1.99. The van der Waals surface area contributed by atoms with E-state index in [-0.39, 0.29) is 36.2 Å². The molecule has 5 heteroatoms. The Hall–Kier alpha value is -1.91. The van der Waals surface area contributed by atoms with E-state index in [2.05, 4.69) is 15.1 Å². The van der Waals surface area contributed by atoms with Crippen molar-refractivity contribution in [2.24, 2.45) is 0 Å². The van der Waals surface area contributed by atoms with Crippen LogP contribution in [0, 0.1) is 0 Å². The molecule has 12 heavy (non-hydrogen) atoms. The van der Waals surface area contributed by atoms with Crippen molar-refractivity contribution in [3.63, 3.8) is 0 Å². The first kappa shape index (κ1) is 3.22. The third-order valence-corrected chi connectivity index (χ3v) is 1.11. The van der Waals surface area contributed by atoms with Crippen molar-refractivity contribution in [3.05, 3.63) is 30.7 Å². The van der Waals surface area contributed by atoms with Crippen LogP contribution in [0.3, 0.4) is 0 Å². The minimum atomic E-state index is -0.395. The van der Waals surface area contributed by atoms with Crippen LogP contribution >= 0.6 is 0 Å². The molecule has 2 N–H and O–H groups in total. The SMILES string of the molecule is [2H]c1nn(-c2nc([2H])c(N)c([2H])n2)c([2H])c1[2H]. The Kier molecular flexibility index (Phi) is 0.701. The Labute approximate surface area is 75.9 Å². The van der Waals surface area contributed by atoms with Crippen molar-refractivity contribution in [3.8, 4) is 5.95 Å². The number of aromatic nitrogens is 4. The van der Waals surface area contributed by atoms with Gasteiger partial charge in [-0.15, -0.1) is 0 Å². The van der Waals surface area contributed by atoms with Crippen molar-refractivity contribution >= 4 is 5.69 Å². The standard InChI is InChI=1S/C7H7N5/c8-6-4-9-7(10-5-6)12-3-1-2-11-12/h1-5H,8H2/i1D,2D,3D,4D,5D. The molecule has 2 aromatic rings. The van der Waals surface area contributed by atoms with Crippen LogP contribution in [0.25, 0.3) is 5.95 Å². The Morgan fingerprint density at radius 2 is 2.17 bits per heavy atom. The molecule has 0 saturated heterocycles. The van der Waals surface area contributed by atoms with Crippen LogP contribution in [-0.4, -0.2) is 19.7 Å². The zero-order chi connectivity index (χ0) is 12.7. The zero-order valence-corrected chi connectivity index (χ0v) is 5.87. The van der Waals surface area contributed by atoms with E-state index in [0.717, 1.165) is 4.68 Å². The minimum absolute atomic E-state index is 0.176. The molecule has 5 nitrogen and oxygen atoms in total. The Morgan fingerprint density at radius 3 is 2.75 bits per heavy atom. The summed E-state index contributed by atoms with van der Waals surface area (Å²) in [6.07, 6.45) is -1.48. The van der Waals surface area contributed by atoms with Crippen LogP contribution < -0.4 is 5.73 Å². The van der Waals surface area contributed by atoms with Crippen molar-refractivity contribution < 1.29 is 6.85 Å². The summed E-state index contributed by atoms with van der Waals surface area (Å²) in [6, 6.07) is -0.372. The first-order valence-electron chi connectivity index (χ1n) is 5.55. The average Bonchev–Trinajstić information content (AvgIpc) is 2.53. The lowest BCUT2D eigenvalue weighted by Crippen LogP contribution is -2.01. The van der Waals surface area contributed by atoms with E-state index < -0.39 is 6.17 Å². The number of anilines is 1. The lowest BCUT2D eigenvalue weighted by Gasteiger charge is -1.97. The van der Waals surface area contributed by atoms with E-state index in [1.165, 1.54) is 0 Å². The van der Waals surface area contributed by atoms with E-state index in [1.807, 2.05) is 0 Å². The van der Waals surface area contributed by atoms with Crippen LogP contribution in [-0.2, 0) is 0 Å². The molecule has 2 aromatic heterocycles. The first-order chi connectivity index (χ1) is 7.91. The Balaban J connectivity index is 2.65. The van der Waals surface area contributed by atoms with E-state index in [1.54, 1.807) is 0 Å². The van der Waals surface area contributed by atoms with Crippen LogP contribution in [0.4, 0.5) is 5.69 Å². The van der Waals surface area contributed by atoms with Gasteiger partial charge in [-0.05, 0) is 6.04 Å². The topological polar surface area (TPSA) is 69.6 Å².